The van der Waals surface area contributed by atoms with Crippen LogP contribution in [0.5, 0.6) is 0 Å². The number of rotatable bonds is 4. The maximum atomic E-state index is 3.65. The zero-order valence-corrected chi connectivity index (χ0v) is 10.3. The molecule has 2 unspecified atom stereocenters. The van der Waals surface area contributed by atoms with Gasteiger partial charge >= 0.3 is 0 Å². The van der Waals surface area contributed by atoms with Gasteiger partial charge in [0.15, 0.2) is 0 Å². The van der Waals surface area contributed by atoms with E-state index in [9.17, 15) is 0 Å². The molecular formula is C13H26N2. The van der Waals surface area contributed by atoms with E-state index in [2.05, 4.69) is 24.1 Å². The van der Waals surface area contributed by atoms with Gasteiger partial charge < -0.3 is 5.32 Å². The SMILES string of the molecule is CCN(CC1NCCC1C)C1CCCC1. The van der Waals surface area contributed by atoms with E-state index in [4.69, 9.17) is 0 Å². The van der Waals surface area contributed by atoms with Crippen LogP contribution in [0, 0.1) is 5.92 Å². The molecule has 1 heterocycles. The first-order valence-corrected chi connectivity index (χ1v) is 6.78. The minimum absolute atomic E-state index is 0.755. The fraction of sp³-hybridized carbons (Fsp3) is 1.00. The first-order chi connectivity index (χ1) is 7.31. The Morgan fingerprint density at radius 1 is 1.20 bits per heavy atom. The Bertz CT molecular complexity index is 187. The molecule has 0 spiro atoms. The van der Waals surface area contributed by atoms with Crippen LogP contribution in [-0.4, -0.2) is 36.6 Å². The van der Waals surface area contributed by atoms with Crippen molar-refractivity contribution in [1.82, 2.24) is 10.2 Å². The fourth-order valence-corrected chi connectivity index (χ4v) is 3.20. The second kappa shape index (κ2) is 5.31. The summed E-state index contributed by atoms with van der Waals surface area (Å²) in [5.41, 5.74) is 0. The Hall–Kier alpha value is -0.0800. The van der Waals surface area contributed by atoms with Gasteiger partial charge in [-0.25, -0.2) is 0 Å². The van der Waals surface area contributed by atoms with Crippen LogP contribution in [0.2, 0.25) is 0 Å². The Labute approximate surface area is 94.4 Å². The number of likely N-dealkylation sites (N-methyl/N-ethyl adjacent to an activating group) is 1. The Morgan fingerprint density at radius 3 is 2.47 bits per heavy atom. The minimum atomic E-state index is 0.755. The molecule has 15 heavy (non-hydrogen) atoms. The van der Waals surface area contributed by atoms with Crippen LogP contribution in [0.25, 0.3) is 0 Å². The molecule has 2 nitrogen and oxygen atoms in total. The second-order valence-electron chi connectivity index (χ2n) is 5.35. The van der Waals surface area contributed by atoms with Gasteiger partial charge in [-0.05, 0) is 38.3 Å². The molecule has 0 aromatic heterocycles. The molecule has 2 atom stereocenters. The van der Waals surface area contributed by atoms with E-state index in [1.54, 1.807) is 0 Å². The monoisotopic (exact) mass is 210 g/mol. The standard InChI is InChI=1S/C13H26N2/c1-3-15(12-6-4-5-7-12)10-13-11(2)8-9-14-13/h11-14H,3-10H2,1-2H3. The molecule has 1 N–H and O–H groups in total. The molecule has 1 saturated heterocycles. The Kier molecular flexibility index (Phi) is 4.04. The summed E-state index contributed by atoms with van der Waals surface area (Å²) in [4.78, 5) is 2.71. The lowest BCUT2D eigenvalue weighted by atomic mass is 10.0. The highest BCUT2D eigenvalue weighted by Crippen LogP contribution is 2.25. The molecular weight excluding hydrogens is 184 g/mol. The third-order valence-corrected chi connectivity index (χ3v) is 4.37. The predicted octanol–water partition coefficient (Wildman–Crippen LogP) is 2.25. The number of nitrogens with zero attached hydrogens (tertiary/aromatic N) is 1. The van der Waals surface area contributed by atoms with E-state index >= 15 is 0 Å². The van der Waals surface area contributed by atoms with Gasteiger partial charge in [-0.2, -0.15) is 0 Å². The normalized spacial score (nSPS) is 33.0. The number of nitrogens with one attached hydrogen (secondary N) is 1. The summed E-state index contributed by atoms with van der Waals surface area (Å²) >= 11 is 0. The van der Waals surface area contributed by atoms with Crippen molar-refractivity contribution in [3.63, 3.8) is 0 Å². The van der Waals surface area contributed by atoms with Gasteiger partial charge in [0.1, 0.15) is 0 Å². The maximum absolute atomic E-state index is 3.65. The topological polar surface area (TPSA) is 15.3 Å². The minimum Gasteiger partial charge on any atom is -0.312 e. The Balaban J connectivity index is 1.84. The third kappa shape index (κ3) is 2.73. The molecule has 1 saturated carbocycles. The number of hydrogen-bond acceptors (Lipinski definition) is 2. The predicted molar refractivity (Wildman–Crippen MR) is 65.1 cm³/mol. The molecule has 88 valence electrons. The van der Waals surface area contributed by atoms with Crippen molar-refractivity contribution >= 4 is 0 Å². The Morgan fingerprint density at radius 2 is 1.93 bits per heavy atom. The summed E-state index contributed by atoms with van der Waals surface area (Å²) in [6.07, 6.45) is 7.15. The molecule has 1 aliphatic heterocycles. The quantitative estimate of drug-likeness (QED) is 0.765. The van der Waals surface area contributed by atoms with Crippen molar-refractivity contribution in [3.8, 4) is 0 Å². The summed E-state index contributed by atoms with van der Waals surface area (Å²) in [6, 6.07) is 1.65. The molecule has 0 radical (unpaired) electrons. The lowest BCUT2D eigenvalue weighted by Gasteiger charge is -2.31. The third-order valence-electron chi connectivity index (χ3n) is 4.37. The summed E-state index contributed by atoms with van der Waals surface area (Å²) in [6.45, 7) is 8.46. The van der Waals surface area contributed by atoms with Gasteiger partial charge in [-0.15, -0.1) is 0 Å². The maximum Gasteiger partial charge on any atom is 0.0221 e. The molecule has 0 aromatic rings. The molecule has 2 aliphatic rings. The van der Waals surface area contributed by atoms with Crippen LogP contribution >= 0.6 is 0 Å². The van der Waals surface area contributed by atoms with Crippen LogP contribution in [0.3, 0.4) is 0 Å². The van der Waals surface area contributed by atoms with Crippen LogP contribution < -0.4 is 5.32 Å². The highest BCUT2D eigenvalue weighted by molar-refractivity contribution is 4.86. The molecule has 0 amide bonds. The van der Waals surface area contributed by atoms with Crippen molar-refractivity contribution < 1.29 is 0 Å². The first-order valence-electron chi connectivity index (χ1n) is 6.78. The fourth-order valence-electron chi connectivity index (χ4n) is 3.20. The zero-order chi connectivity index (χ0) is 10.7. The molecule has 2 heteroatoms. The average Bonchev–Trinajstić information content (AvgIpc) is 2.86. The largest absolute Gasteiger partial charge is 0.312 e. The zero-order valence-electron chi connectivity index (χ0n) is 10.3. The molecule has 1 aliphatic carbocycles. The van der Waals surface area contributed by atoms with Crippen molar-refractivity contribution in [2.24, 2.45) is 5.92 Å². The van der Waals surface area contributed by atoms with Gasteiger partial charge in [0.25, 0.3) is 0 Å². The van der Waals surface area contributed by atoms with Crippen LogP contribution in [0.15, 0.2) is 0 Å². The van der Waals surface area contributed by atoms with Gasteiger partial charge in [0.05, 0.1) is 0 Å². The van der Waals surface area contributed by atoms with E-state index in [1.165, 1.54) is 51.7 Å². The van der Waals surface area contributed by atoms with Gasteiger partial charge in [-0.1, -0.05) is 26.7 Å². The van der Waals surface area contributed by atoms with Crippen molar-refractivity contribution in [1.29, 1.82) is 0 Å². The second-order valence-corrected chi connectivity index (χ2v) is 5.35. The van der Waals surface area contributed by atoms with E-state index in [1.807, 2.05) is 0 Å². The van der Waals surface area contributed by atoms with E-state index in [0.717, 1.165) is 18.0 Å². The van der Waals surface area contributed by atoms with Gasteiger partial charge in [-0.3, -0.25) is 4.90 Å². The van der Waals surface area contributed by atoms with E-state index in [0.29, 0.717) is 0 Å². The summed E-state index contributed by atoms with van der Waals surface area (Å²) in [5.74, 6) is 0.875. The van der Waals surface area contributed by atoms with Gasteiger partial charge in [0.2, 0.25) is 0 Å². The van der Waals surface area contributed by atoms with Crippen LogP contribution in [0.4, 0.5) is 0 Å². The molecule has 0 bridgehead atoms. The van der Waals surface area contributed by atoms with Gasteiger partial charge in [0, 0.05) is 18.6 Å². The van der Waals surface area contributed by atoms with Crippen molar-refractivity contribution in [3.05, 3.63) is 0 Å². The van der Waals surface area contributed by atoms with E-state index in [-0.39, 0.29) is 0 Å². The van der Waals surface area contributed by atoms with Crippen LogP contribution in [0.1, 0.15) is 46.0 Å². The van der Waals surface area contributed by atoms with Crippen molar-refractivity contribution in [2.75, 3.05) is 19.6 Å². The summed E-state index contributed by atoms with van der Waals surface area (Å²) < 4.78 is 0. The molecule has 2 fully saturated rings. The smallest absolute Gasteiger partial charge is 0.0221 e. The lowest BCUT2D eigenvalue weighted by molar-refractivity contribution is 0.181. The summed E-state index contributed by atoms with van der Waals surface area (Å²) in [7, 11) is 0. The van der Waals surface area contributed by atoms with E-state index < -0.39 is 0 Å². The highest BCUT2D eigenvalue weighted by atomic mass is 15.2. The average molecular weight is 210 g/mol. The molecule has 2 rings (SSSR count). The van der Waals surface area contributed by atoms with Crippen molar-refractivity contribution in [2.45, 2.75) is 58.0 Å². The highest BCUT2D eigenvalue weighted by Gasteiger charge is 2.28. The summed E-state index contributed by atoms with van der Waals surface area (Å²) in [5, 5.41) is 3.65. The van der Waals surface area contributed by atoms with Crippen LogP contribution in [-0.2, 0) is 0 Å². The first kappa shape index (κ1) is 11.4. The lowest BCUT2D eigenvalue weighted by Crippen LogP contribution is -2.44. The molecule has 0 aromatic carbocycles. The number of hydrogen-bond donors (Lipinski definition) is 1.